The van der Waals surface area contributed by atoms with Gasteiger partial charge in [0.2, 0.25) is 0 Å². The molecule has 0 amide bonds. The van der Waals surface area contributed by atoms with E-state index < -0.39 is 0 Å². The summed E-state index contributed by atoms with van der Waals surface area (Å²) in [6.45, 7) is 27.8. The Morgan fingerprint density at radius 3 is 1.67 bits per heavy atom. The SMILES string of the molecule is CC(C)(C)c1cc(C(CCCOC(=O)c2ccc(O)cc2)c2ccc(C(C)(C)C)cc2C(C)(C)C)cc(C(C)(C)C)c1. The van der Waals surface area contributed by atoms with E-state index in [1.807, 2.05) is 0 Å². The summed E-state index contributed by atoms with van der Waals surface area (Å²) < 4.78 is 5.69. The van der Waals surface area contributed by atoms with Crippen LogP contribution in [0, 0.1) is 0 Å². The van der Waals surface area contributed by atoms with Crippen LogP contribution in [0.5, 0.6) is 5.75 Å². The van der Waals surface area contributed by atoms with Crippen molar-refractivity contribution in [3.05, 3.63) is 99.6 Å². The molecule has 0 bridgehead atoms. The number of hydrogen-bond acceptors (Lipinski definition) is 3. The smallest absolute Gasteiger partial charge is 0.338 e. The number of ether oxygens (including phenoxy) is 1. The van der Waals surface area contributed by atoms with Gasteiger partial charge in [-0.3, -0.25) is 0 Å². The lowest BCUT2D eigenvalue weighted by atomic mass is 9.72. The molecule has 3 rings (SSSR count). The van der Waals surface area contributed by atoms with E-state index >= 15 is 0 Å². The lowest BCUT2D eigenvalue weighted by Gasteiger charge is -2.33. The largest absolute Gasteiger partial charge is 0.508 e. The molecule has 0 radical (unpaired) electrons. The second-order valence-corrected chi connectivity index (χ2v) is 16.0. The Bertz CT molecular complexity index is 1340. The van der Waals surface area contributed by atoms with Crippen LogP contribution < -0.4 is 0 Å². The molecule has 3 aromatic rings. The van der Waals surface area contributed by atoms with Gasteiger partial charge in [0.05, 0.1) is 12.2 Å². The minimum atomic E-state index is -0.360. The zero-order valence-electron chi connectivity index (χ0n) is 28.2. The van der Waals surface area contributed by atoms with E-state index in [-0.39, 0.29) is 39.3 Å². The molecular formula is C39H54O3. The van der Waals surface area contributed by atoms with Gasteiger partial charge in [-0.25, -0.2) is 4.79 Å². The second-order valence-electron chi connectivity index (χ2n) is 16.0. The summed E-state index contributed by atoms with van der Waals surface area (Å²) in [5, 5.41) is 9.56. The van der Waals surface area contributed by atoms with E-state index in [1.54, 1.807) is 12.1 Å². The fourth-order valence-electron chi connectivity index (χ4n) is 5.33. The maximum Gasteiger partial charge on any atom is 0.338 e. The van der Waals surface area contributed by atoms with Crippen molar-refractivity contribution in [2.75, 3.05) is 6.61 Å². The van der Waals surface area contributed by atoms with E-state index in [4.69, 9.17) is 4.74 Å². The van der Waals surface area contributed by atoms with Crippen LogP contribution in [-0.2, 0) is 26.4 Å². The van der Waals surface area contributed by atoms with Crippen molar-refractivity contribution in [1.82, 2.24) is 0 Å². The van der Waals surface area contributed by atoms with Crippen molar-refractivity contribution >= 4 is 5.97 Å². The highest BCUT2D eigenvalue weighted by Gasteiger charge is 2.29. The third-order valence-corrected chi connectivity index (χ3v) is 8.17. The van der Waals surface area contributed by atoms with Gasteiger partial charge in [-0.05, 0) is 92.1 Å². The monoisotopic (exact) mass is 570 g/mol. The van der Waals surface area contributed by atoms with Gasteiger partial charge in [0.25, 0.3) is 0 Å². The third-order valence-electron chi connectivity index (χ3n) is 8.17. The van der Waals surface area contributed by atoms with Crippen molar-refractivity contribution in [2.45, 2.75) is 124 Å². The van der Waals surface area contributed by atoms with Crippen molar-refractivity contribution in [1.29, 1.82) is 0 Å². The summed E-state index contributed by atoms with van der Waals surface area (Å²) >= 11 is 0. The number of aromatic hydroxyl groups is 1. The van der Waals surface area contributed by atoms with Crippen molar-refractivity contribution in [3.63, 3.8) is 0 Å². The van der Waals surface area contributed by atoms with Gasteiger partial charge in [0.1, 0.15) is 5.75 Å². The van der Waals surface area contributed by atoms with E-state index in [9.17, 15) is 9.90 Å². The molecule has 1 atom stereocenters. The first-order chi connectivity index (χ1) is 19.2. The molecule has 0 aliphatic carbocycles. The lowest BCUT2D eigenvalue weighted by Crippen LogP contribution is -2.21. The first-order valence-electron chi connectivity index (χ1n) is 15.4. The molecule has 3 heteroatoms. The average molecular weight is 571 g/mol. The molecule has 3 nitrogen and oxygen atoms in total. The standard InChI is InChI=1S/C39H54O3/c1-36(2,3)28-17-20-33(34(25-28)39(10,11)12)32(14-13-21-42-35(41)26-15-18-31(40)19-16-26)27-22-29(37(4,5)6)24-30(23-27)38(7,8)9/h15-20,22-25,32,40H,13-14,21H2,1-12H3. The minimum absolute atomic E-state index is 0.0170. The fourth-order valence-corrected chi connectivity index (χ4v) is 5.33. The Morgan fingerprint density at radius 1 is 0.667 bits per heavy atom. The van der Waals surface area contributed by atoms with Crippen LogP contribution in [0.1, 0.15) is 146 Å². The minimum Gasteiger partial charge on any atom is -0.508 e. The van der Waals surface area contributed by atoms with Gasteiger partial charge < -0.3 is 9.84 Å². The molecular weight excluding hydrogens is 516 g/mol. The molecule has 0 aliphatic heterocycles. The van der Waals surface area contributed by atoms with Crippen LogP contribution in [0.15, 0.2) is 60.7 Å². The molecule has 0 aliphatic rings. The topological polar surface area (TPSA) is 46.5 Å². The van der Waals surface area contributed by atoms with Crippen LogP contribution in [0.25, 0.3) is 0 Å². The maximum absolute atomic E-state index is 12.7. The van der Waals surface area contributed by atoms with Crippen LogP contribution in [0.3, 0.4) is 0 Å². The van der Waals surface area contributed by atoms with Gasteiger partial charge in [-0.2, -0.15) is 0 Å². The van der Waals surface area contributed by atoms with Gasteiger partial charge in [0, 0.05) is 5.92 Å². The number of esters is 1. The lowest BCUT2D eigenvalue weighted by molar-refractivity contribution is 0.0497. The number of carbonyl (C=O) groups excluding carboxylic acids is 1. The van der Waals surface area contributed by atoms with Crippen LogP contribution in [0.4, 0.5) is 0 Å². The number of phenolic OH excluding ortho intramolecular Hbond substituents is 1. The van der Waals surface area contributed by atoms with Crippen molar-refractivity contribution in [3.8, 4) is 5.75 Å². The molecule has 0 aromatic heterocycles. The van der Waals surface area contributed by atoms with E-state index in [2.05, 4.69) is 119 Å². The quantitative estimate of drug-likeness (QED) is 0.227. The van der Waals surface area contributed by atoms with Gasteiger partial charge in [-0.15, -0.1) is 0 Å². The summed E-state index contributed by atoms with van der Waals surface area (Å²) in [4.78, 5) is 12.7. The third kappa shape index (κ3) is 8.49. The van der Waals surface area contributed by atoms with Crippen molar-refractivity contribution < 1.29 is 14.6 Å². The predicted molar refractivity (Wildman–Crippen MR) is 177 cm³/mol. The zero-order valence-corrected chi connectivity index (χ0v) is 28.2. The average Bonchev–Trinajstić information content (AvgIpc) is 2.86. The number of hydrogen-bond donors (Lipinski definition) is 1. The molecule has 1 N–H and O–H groups in total. The van der Waals surface area contributed by atoms with Gasteiger partial charge >= 0.3 is 5.97 Å². The highest BCUT2D eigenvalue weighted by atomic mass is 16.5. The fraction of sp³-hybridized carbons (Fsp3) is 0.513. The molecule has 0 saturated heterocycles. The number of phenols is 1. The molecule has 42 heavy (non-hydrogen) atoms. The molecule has 0 heterocycles. The Hall–Kier alpha value is -3.07. The summed E-state index contributed by atoms with van der Waals surface area (Å²) in [7, 11) is 0. The Morgan fingerprint density at radius 2 is 1.19 bits per heavy atom. The van der Waals surface area contributed by atoms with Crippen LogP contribution >= 0.6 is 0 Å². The molecule has 3 aromatic carbocycles. The van der Waals surface area contributed by atoms with Gasteiger partial charge in [0.15, 0.2) is 0 Å². The van der Waals surface area contributed by atoms with E-state index in [1.165, 1.54) is 45.5 Å². The summed E-state index contributed by atoms with van der Waals surface area (Å²) in [5.74, 6) is -0.0705. The highest BCUT2D eigenvalue weighted by Crippen LogP contribution is 2.41. The molecule has 0 spiro atoms. The first-order valence-corrected chi connectivity index (χ1v) is 15.4. The highest BCUT2D eigenvalue weighted by molar-refractivity contribution is 5.89. The van der Waals surface area contributed by atoms with E-state index in [0.29, 0.717) is 12.2 Å². The summed E-state index contributed by atoms with van der Waals surface area (Å²) in [6, 6.07) is 20.5. The number of carbonyl (C=O) groups is 1. The Labute approximate surface area is 255 Å². The first kappa shape index (κ1) is 33.4. The normalized spacial score (nSPS) is 13.6. The molecule has 0 fully saturated rings. The summed E-state index contributed by atoms with van der Waals surface area (Å²) in [5.41, 5.74) is 8.59. The van der Waals surface area contributed by atoms with Gasteiger partial charge in [-0.1, -0.05) is 119 Å². The maximum atomic E-state index is 12.7. The van der Waals surface area contributed by atoms with Crippen LogP contribution in [-0.4, -0.2) is 17.7 Å². The second kappa shape index (κ2) is 12.3. The molecule has 228 valence electrons. The number of rotatable bonds is 7. The molecule has 0 saturated carbocycles. The Balaban J connectivity index is 2.09. The zero-order chi connectivity index (χ0) is 31.7. The predicted octanol–water partition coefficient (Wildman–Crippen LogP) is 10.4. The van der Waals surface area contributed by atoms with E-state index in [0.717, 1.165) is 12.8 Å². The van der Waals surface area contributed by atoms with Crippen molar-refractivity contribution in [2.24, 2.45) is 0 Å². The summed E-state index contributed by atoms with van der Waals surface area (Å²) in [6.07, 6.45) is 1.60. The van der Waals surface area contributed by atoms with Crippen LogP contribution in [0.2, 0.25) is 0 Å². The Kier molecular flexibility index (Phi) is 9.77. The molecule has 1 unspecified atom stereocenters. The number of benzene rings is 3.